The highest BCUT2D eigenvalue weighted by Crippen LogP contribution is 2.65. The van der Waals surface area contributed by atoms with E-state index >= 15 is 0 Å². The highest BCUT2D eigenvalue weighted by molar-refractivity contribution is 5.18. The number of hydrogen-bond donors (Lipinski definition) is 2. The normalized spacial score (nSPS) is 36.2. The maximum Gasteiger partial charge on any atom is 0.0914 e. The summed E-state index contributed by atoms with van der Waals surface area (Å²) in [6.45, 7) is 7.96. The van der Waals surface area contributed by atoms with Crippen molar-refractivity contribution in [3.63, 3.8) is 0 Å². The fraction of sp³-hybridized carbons (Fsp3) is 0.667. The largest absolute Gasteiger partial charge is 0.387 e. The molecule has 2 N–H and O–H groups in total. The summed E-state index contributed by atoms with van der Waals surface area (Å²) in [5.74, 6) is 0.846. The van der Waals surface area contributed by atoms with Crippen LogP contribution in [0.5, 0.6) is 0 Å². The van der Waals surface area contributed by atoms with Gasteiger partial charge in [0, 0.05) is 12.6 Å². The molecule has 1 aromatic rings. The lowest BCUT2D eigenvalue weighted by atomic mass is 9.69. The molecule has 110 valence electrons. The van der Waals surface area contributed by atoms with Crippen LogP contribution < -0.4 is 5.32 Å². The van der Waals surface area contributed by atoms with E-state index in [1.54, 1.807) is 0 Å². The Morgan fingerprint density at radius 2 is 1.95 bits per heavy atom. The van der Waals surface area contributed by atoms with Crippen molar-refractivity contribution in [1.82, 2.24) is 5.32 Å². The molecular formula is C18H27NO. The van der Waals surface area contributed by atoms with Crippen molar-refractivity contribution >= 4 is 0 Å². The van der Waals surface area contributed by atoms with Gasteiger partial charge in [-0.2, -0.15) is 0 Å². The first-order valence-corrected chi connectivity index (χ1v) is 7.91. The molecule has 0 unspecified atom stereocenters. The van der Waals surface area contributed by atoms with Gasteiger partial charge in [0.25, 0.3) is 0 Å². The summed E-state index contributed by atoms with van der Waals surface area (Å²) < 4.78 is 0. The Hall–Kier alpha value is -0.860. The molecular weight excluding hydrogens is 246 g/mol. The summed E-state index contributed by atoms with van der Waals surface area (Å²) in [6.07, 6.45) is 3.57. The van der Waals surface area contributed by atoms with Gasteiger partial charge < -0.3 is 10.4 Å². The first kappa shape index (κ1) is 14.1. The number of aliphatic hydroxyl groups excluding tert-OH is 1. The second-order valence-electron chi connectivity index (χ2n) is 7.50. The Kier molecular flexibility index (Phi) is 3.42. The van der Waals surface area contributed by atoms with Crippen molar-refractivity contribution in [2.45, 2.75) is 52.2 Å². The van der Waals surface area contributed by atoms with E-state index in [1.165, 1.54) is 19.3 Å². The van der Waals surface area contributed by atoms with Crippen LogP contribution in [-0.4, -0.2) is 17.7 Å². The zero-order valence-electron chi connectivity index (χ0n) is 12.9. The molecule has 2 bridgehead atoms. The summed E-state index contributed by atoms with van der Waals surface area (Å²) >= 11 is 0. The Morgan fingerprint density at radius 1 is 1.25 bits per heavy atom. The van der Waals surface area contributed by atoms with E-state index in [4.69, 9.17) is 0 Å². The molecule has 2 aliphatic carbocycles. The maximum atomic E-state index is 10.3. The average Bonchev–Trinajstić information content (AvgIpc) is 2.78. The molecule has 3 rings (SSSR count). The zero-order valence-corrected chi connectivity index (χ0v) is 12.9. The number of aliphatic hydroxyl groups is 1. The summed E-state index contributed by atoms with van der Waals surface area (Å²) in [5.41, 5.74) is 1.82. The number of fused-ring (bicyclic) bond motifs is 2. The van der Waals surface area contributed by atoms with Crippen molar-refractivity contribution < 1.29 is 5.11 Å². The van der Waals surface area contributed by atoms with Crippen LogP contribution in [0, 0.1) is 16.7 Å². The van der Waals surface area contributed by atoms with Gasteiger partial charge in [-0.05, 0) is 41.6 Å². The Bertz CT molecular complexity index is 470. The van der Waals surface area contributed by atoms with Gasteiger partial charge in [-0.25, -0.2) is 0 Å². The van der Waals surface area contributed by atoms with Gasteiger partial charge >= 0.3 is 0 Å². The predicted octanol–water partition coefficient (Wildman–Crippen LogP) is 3.52. The molecule has 2 aliphatic rings. The van der Waals surface area contributed by atoms with E-state index in [9.17, 15) is 5.11 Å². The van der Waals surface area contributed by atoms with E-state index in [2.05, 4.69) is 26.1 Å². The summed E-state index contributed by atoms with van der Waals surface area (Å²) in [6, 6.07) is 10.5. The lowest BCUT2D eigenvalue weighted by Gasteiger charge is -2.40. The fourth-order valence-electron chi connectivity index (χ4n) is 4.56. The minimum absolute atomic E-state index is 0.383. The topological polar surface area (TPSA) is 32.3 Å². The molecule has 0 spiro atoms. The predicted molar refractivity (Wildman–Crippen MR) is 82.4 cm³/mol. The van der Waals surface area contributed by atoms with E-state index in [0.29, 0.717) is 23.4 Å². The molecule has 0 heterocycles. The average molecular weight is 273 g/mol. The molecule has 0 saturated heterocycles. The molecule has 20 heavy (non-hydrogen) atoms. The van der Waals surface area contributed by atoms with Crippen LogP contribution in [0.4, 0.5) is 0 Å². The number of rotatable bonds is 4. The van der Waals surface area contributed by atoms with Crippen molar-refractivity contribution in [2.24, 2.45) is 16.7 Å². The number of benzene rings is 1. The molecule has 2 saturated carbocycles. The molecule has 0 amide bonds. The van der Waals surface area contributed by atoms with Crippen molar-refractivity contribution in [3.05, 3.63) is 35.9 Å². The molecule has 2 heteroatoms. The second kappa shape index (κ2) is 4.85. The minimum Gasteiger partial charge on any atom is -0.387 e. The van der Waals surface area contributed by atoms with Crippen LogP contribution in [0.3, 0.4) is 0 Å². The van der Waals surface area contributed by atoms with Crippen molar-refractivity contribution in [1.29, 1.82) is 0 Å². The summed E-state index contributed by atoms with van der Waals surface area (Å²) in [4.78, 5) is 0. The number of hydrogen-bond acceptors (Lipinski definition) is 2. The molecule has 0 aliphatic heterocycles. The standard InChI is InChI=1S/C18H27NO/c1-17(2)14-9-10-18(17,3)16(11-14)19-12-15(20)13-7-5-4-6-8-13/h4-8,14-16,19-20H,9-12H2,1-3H3/t14-,15-,16+,18-/m0/s1. The molecule has 1 aromatic carbocycles. The number of nitrogens with one attached hydrogen (secondary N) is 1. The second-order valence-corrected chi connectivity index (χ2v) is 7.50. The van der Waals surface area contributed by atoms with Gasteiger partial charge in [0.1, 0.15) is 0 Å². The third-order valence-electron chi connectivity index (χ3n) is 6.54. The fourth-order valence-corrected chi connectivity index (χ4v) is 4.56. The van der Waals surface area contributed by atoms with Gasteiger partial charge in [-0.3, -0.25) is 0 Å². The Morgan fingerprint density at radius 3 is 2.50 bits per heavy atom. The Balaban J connectivity index is 1.63. The monoisotopic (exact) mass is 273 g/mol. The minimum atomic E-state index is -0.401. The molecule has 2 nitrogen and oxygen atoms in total. The smallest absolute Gasteiger partial charge is 0.0914 e. The Labute approximate surface area is 122 Å². The highest BCUT2D eigenvalue weighted by Gasteiger charge is 2.60. The first-order valence-electron chi connectivity index (χ1n) is 7.91. The highest BCUT2D eigenvalue weighted by atomic mass is 16.3. The van der Waals surface area contributed by atoms with Crippen LogP contribution in [0.25, 0.3) is 0 Å². The van der Waals surface area contributed by atoms with Crippen molar-refractivity contribution in [2.75, 3.05) is 6.54 Å². The molecule has 4 atom stereocenters. The summed E-state index contributed by atoms with van der Waals surface area (Å²) in [7, 11) is 0. The van der Waals surface area contributed by atoms with E-state index in [-0.39, 0.29) is 0 Å². The van der Waals surface area contributed by atoms with Gasteiger partial charge in [0.2, 0.25) is 0 Å². The van der Waals surface area contributed by atoms with E-state index in [1.807, 2.05) is 30.3 Å². The first-order chi connectivity index (χ1) is 9.45. The van der Waals surface area contributed by atoms with Gasteiger partial charge in [0.05, 0.1) is 6.10 Å². The van der Waals surface area contributed by atoms with Gasteiger partial charge in [-0.1, -0.05) is 51.1 Å². The lowest BCUT2D eigenvalue weighted by Crippen LogP contribution is -2.45. The SMILES string of the molecule is CC1(C)[C@H]2CC[C@@]1(C)[C@H](NC[C@H](O)c1ccccc1)C2. The van der Waals surface area contributed by atoms with Crippen molar-refractivity contribution in [3.8, 4) is 0 Å². The van der Waals surface area contributed by atoms with Crippen LogP contribution in [0.2, 0.25) is 0 Å². The lowest BCUT2D eigenvalue weighted by molar-refractivity contribution is 0.105. The van der Waals surface area contributed by atoms with Crippen LogP contribution in [0.15, 0.2) is 30.3 Å². The zero-order chi connectivity index (χ0) is 14.4. The third kappa shape index (κ3) is 2.01. The molecule has 2 fully saturated rings. The summed E-state index contributed by atoms with van der Waals surface area (Å²) in [5, 5.41) is 14.0. The third-order valence-corrected chi connectivity index (χ3v) is 6.54. The van der Waals surface area contributed by atoms with Crippen LogP contribution in [0.1, 0.15) is 51.7 Å². The van der Waals surface area contributed by atoms with Crippen LogP contribution in [-0.2, 0) is 0 Å². The maximum absolute atomic E-state index is 10.3. The quantitative estimate of drug-likeness (QED) is 0.879. The van der Waals surface area contributed by atoms with Gasteiger partial charge in [-0.15, -0.1) is 0 Å². The van der Waals surface area contributed by atoms with Gasteiger partial charge in [0.15, 0.2) is 0 Å². The van der Waals surface area contributed by atoms with E-state index < -0.39 is 6.10 Å². The molecule has 0 radical (unpaired) electrons. The molecule has 0 aromatic heterocycles. The van der Waals surface area contributed by atoms with E-state index in [0.717, 1.165) is 11.5 Å². The van der Waals surface area contributed by atoms with Crippen LogP contribution >= 0.6 is 0 Å².